The Hall–Kier alpha value is -1.96. The van der Waals surface area contributed by atoms with E-state index in [9.17, 15) is 13.2 Å². The van der Waals surface area contributed by atoms with Crippen LogP contribution in [0.1, 0.15) is 20.8 Å². The Bertz CT molecular complexity index is 931. The van der Waals surface area contributed by atoms with Crippen molar-refractivity contribution in [1.29, 1.82) is 0 Å². The van der Waals surface area contributed by atoms with Gasteiger partial charge in [0.1, 0.15) is 5.75 Å². The van der Waals surface area contributed by atoms with E-state index in [2.05, 4.69) is 10.0 Å². The van der Waals surface area contributed by atoms with Gasteiger partial charge in [-0.1, -0.05) is 37.0 Å². The maximum Gasteiger partial charge on any atom is 0.261 e. The Labute approximate surface area is 175 Å². The summed E-state index contributed by atoms with van der Waals surface area (Å²) in [7, 11) is -3.84. The van der Waals surface area contributed by atoms with Gasteiger partial charge in [-0.2, -0.15) is 0 Å². The van der Waals surface area contributed by atoms with Crippen molar-refractivity contribution >= 4 is 44.8 Å². The number of halogens is 2. The molecule has 0 heterocycles. The highest BCUT2D eigenvalue weighted by Crippen LogP contribution is 2.28. The number of benzene rings is 2. The largest absolute Gasteiger partial charge is 0.481 e. The third-order valence-corrected chi connectivity index (χ3v) is 5.61. The highest BCUT2D eigenvalue weighted by molar-refractivity contribution is 7.92. The van der Waals surface area contributed by atoms with Crippen LogP contribution >= 0.6 is 23.2 Å². The molecule has 0 aliphatic carbocycles. The molecule has 152 valence electrons. The van der Waals surface area contributed by atoms with Crippen molar-refractivity contribution in [2.45, 2.75) is 31.8 Å². The van der Waals surface area contributed by atoms with E-state index in [-0.39, 0.29) is 21.5 Å². The van der Waals surface area contributed by atoms with E-state index in [4.69, 9.17) is 27.9 Å². The van der Waals surface area contributed by atoms with Crippen molar-refractivity contribution in [3.05, 3.63) is 52.5 Å². The summed E-state index contributed by atoms with van der Waals surface area (Å²) in [5.74, 6) is 0.488. The van der Waals surface area contributed by atoms with Gasteiger partial charge in [0.25, 0.3) is 15.9 Å². The Balaban J connectivity index is 2.05. The van der Waals surface area contributed by atoms with E-state index in [1.54, 1.807) is 6.92 Å². The standard InChI is InChI=1S/C19H22Cl2N2O4S/c1-12(2)11-22-19(24)13(3)27-15-5-7-16(8-6-15)28(25,26)23-18-9-4-14(20)10-17(18)21/h4-10,12-13,23H,11H2,1-3H3,(H,22,24)/t13-/m1/s1. The molecule has 0 spiro atoms. The number of anilines is 1. The second-order valence-electron chi connectivity index (χ2n) is 6.60. The molecule has 2 aromatic rings. The Morgan fingerprint density at radius 1 is 1.07 bits per heavy atom. The van der Waals surface area contributed by atoms with E-state index < -0.39 is 16.1 Å². The second-order valence-corrected chi connectivity index (χ2v) is 9.13. The van der Waals surface area contributed by atoms with E-state index in [0.717, 1.165) is 0 Å². The molecule has 28 heavy (non-hydrogen) atoms. The van der Waals surface area contributed by atoms with Crippen molar-refractivity contribution in [3.63, 3.8) is 0 Å². The van der Waals surface area contributed by atoms with E-state index >= 15 is 0 Å². The molecule has 9 heteroatoms. The number of amides is 1. The average molecular weight is 445 g/mol. The van der Waals surface area contributed by atoms with Gasteiger partial charge in [0.2, 0.25) is 0 Å². The van der Waals surface area contributed by atoms with E-state index in [0.29, 0.717) is 23.2 Å². The summed E-state index contributed by atoms with van der Waals surface area (Å²) in [6.45, 7) is 6.18. The first-order valence-electron chi connectivity index (χ1n) is 8.61. The SMILES string of the molecule is CC(C)CNC(=O)[C@@H](C)Oc1ccc(S(=O)(=O)Nc2ccc(Cl)cc2Cl)cc1. The number of nitrogens with one attached hydrogen (secondary N) is 2. The predicted octanol–water partition coefficient (Wildman–Crippen LogP) is 4.33. The van der Waals surface area contributed by atoms with Gasteiger partial charge in [-0.05, 0) is 55.3 Å². The van der Waals surface area contributed by atoms with Crippen LogP contribution in [0, 0.1) is 5.92 Å². The topological polar surface area (TPSA) is 84.5 Å². The van der Waals surface area contributed by atoms with Gasteiger partial charge >= 0.3 is 0 Å². The van der Waals surface area contributed by atoms with Crippen LogP contribution in [-0.4, -0.2) is 27.0 Å². The quantitative estimate of drug-likeness (QED) is 0.634. The molecule has 0 fully saturated rings. The lowest BCUT2D eigenvalue weighted by molar-refractivity contribution is -0.127. The summed E-state index contributed by atoms with van der Waals surface area (Å²) in [5, 5.41) is 3.38. The fourth-order valence-corrected chi connectivity index (χ4v) is 3.77. The summed E-state index contributed by atoms with van der Waals surface area (Å²) in [6.07, 6.45) is -0.702. The molecular weight excluding hydrogens is 423 g/mol. The summed E-state index contributed by atoms with van der Waals surface area (Å²) in [4.78, 5) is 12.0. The molecule has 0 aromatic heterocycles. The number of ether oxygens (including phenoxy) is 1. The Morgan fingerprint density at radius 3 is 2.29 bits per heavy atom. The van der Waals surface area contributed by atoms with E-state index in [1.165, 1.54) is 42.5 Å². The van der Waals surface area contributed by atoms with Crippen LogP contribution < -0.4 is 14.8 Å². The lowest BCUT2D eigenvalue weighted by Gasteiger charge is -2.16. The fraction of sp³-hybridized carbons (Fsp3) is 0.316. The molecule has 1 amide bonds. The van der Waals surface area contributed by atoms with Crippen molar-refractivity contribution in [2.24, 2.45) is 5.92 Å². The summed E-state index contributed by atoms with van der Waals surface area (Å²) < 4.78 is 33.0. The van der Waals surface area contributed by atoms with Crippen LogP contribution in [0.4, 0.5) is 5.69 Å². The zero-order valence-corrected chi connectivity index (χ0v) is 18.0. The molecule has 1 atom stereocenters. The van der Waals surface area contributed by atoms with Crippen LogP contribution in [0.2, 0.25) is 10.0 Å². The number of rotatable bonds is 8. The number of carbonyl (C=O) groups is 1. The molecule has 0 aliphatic heterocycles. The minimum atomic E-state index is -3.84. The van der Waals surface area contributed by atoms with Crippen molar-refractivity contribution in [3.8, 4) is 5.75 Å². The van der Waals surface area contributed by atoms with Crippen molar-refractivity contribution in [1.82, 2.24) is 5.32 Å². The van der Waals surface area contributed by atoms with Crippen LogP contribution in [-0.2, 0) is 14.8 Å². The second kappa shape index (κ2) is 9.49. The third-order valence-electron chi connectivity index (χ3n) is 3.68. The van der Waals surface area contributed by atoms with Gasteiger partial charge in [-0.25, -0.2) is 8.42 Å². The summed E-state index contributed by atoms with van der Waals surface area (Å²) >= 11 is 11.8. The molecule has 0 bridgehead atoms. The first-order chi connectivity index (χ1) is 13.1. The molecule has 0 aliphatic rings. The normalized spacial score (nSPS) is 12.5. The highest BCUT2D eigenvalue weighted by Gasteiger charge is 2.18. The molecular formula is C19H22Cl2N2O4S. The molecule has 2 aromatic carbocycles. The lowest BCUT2D eigenvalue weighted by Crippen LogP contribution is -2.38. The molecule has 2 rings (SSSR count). The van der Waals surface area contributed by atoms with Crippen molar-refractivity contribution in [2.75, 3.05) is 11.3 Å². The molecule has 6 nitrogen and oxygen atoms in total. The van der Waals surface area contributed by atoms with Crippen LogP contribution in [0.5, 0.6) is 5.75 Å². The maximum absolute atomic E-state index is 12.5. The zero-order chi connectivity index (χ0) is 20.9. The Morgan fingerprint density at radius 2 is 1.71 bits per heavy atom. The number of hydrogen-bond acceptors (Lipinski definition) is 4. The third kappa shape index (κ3) is 6.29. The van der Waals surface area contributed by atoms with Gasteiger partial charge in [0.15, 0.2) is 6.10 Å². The van der Waals surface area contributed by atoms with Gasteiger partial charge < -0.3 is 10.1 Å². The zero-order valence-electron chi connectivity index (χ0n) is 15.7. The van der Waals surface area contributed by atoms with Gasteiger partial charge in [0.05, 0.1) is 15.6 Å². The van der Waals surface area contributed by atoms with Crippen LogP contribution in [0.3, 0.4) is 0 Å². The molecule has 2 N–H and O–H groups in total. The molecule has 0 saturated carbocycles. The lowest BCUT2D eigenvalue weighted by atomic mass is 10.2. The monoisotopic (exact) mass is 444 g/mol. The Kier molecular flexibility index (Phi) is 7.57. The first-order valence-corrected chi connectivity index (χ1v) is 10.8. The number of carbonyl (C=O) groups excluding carboxylic acids is 1. The average Bonchev–Trinajstić information content (AvgIpc) is 2.62. The van der Waals surface area contributed by atoms with E-state index in [1.807, 2.05) is 13.8 Å². The summed E-state index contributed by atoms with van der Waals surface area (Å²) in [6, 6.07) is 10.2. The first kappa shape index (κ1) is 22.3. The van der Waals surface area contributed by atoms with Gasteiger partial charge in [0, 0.05) is 11.6 Å². The predicted molar refractivity (Wildman–Crippen MR) is 112 cm³/mol. The maximum atomic E-state index is 12.5. The minimum absolute atomic E-state index is 0.0304. The summed E-state index contributed by atoms with van der Waals surface area (Å²) in [5.41, 5.74) is 0.224. The highest BCUT2D eigenvalue weighted by atomic mass is 35.5. The van der Waals surface area contributed by atoms with Crippen molar-refractivity contribution < 1.29 is 17.9 Å². The molecule has 0 radical (unpaired) electrons. The van der Waals surface area contributed by atoms with Crippen LogP contribution in [0.15, 0.2) is 47.4 Å². The smallest absolute Gasteiger partial charge is 0.261 e. The molecule has 0 saturated heterocycles. The molecule has 0 unspecified atom stereocenters. The van der Waals surface area contributed by atoms with Crippen LogP contribution in [0.25, 0.3) is 0 Å². The number of sulfonamides is 1. The minimum Gasteiger partial charge on any atom is -0.481 e. The van der Waals surface area contributed by atoms with Gasteiger partial charge in [-0.15, -0.1) is 0 Å². The fourth-order valence-electron chi connectivity index (χ4n) is 2.18. The number of hydrogen-bond donors (Lipinski definition) is 2. The van der Waals surface area contributed by atoms with Gasteiger partial charge in [-0.3, -0.25) is 9.52 Å².